The predicted octanol–water partition coefficient (Wildman–Crippen LogP) is 24.2. The van der Waals surface area contributed by atoms with Gasteiger partial charge < -0.3 is 15.5 Å². The number of aliphatic hydroxyl groups excluding tert-OH is 2. The number of allylic oxidation sites excluding steroid dienone is 4. The average Bonchev–Trinajstić information content (AvgIpc) is 3.42. The zero-order valence-corrected chi connectivity index (χ0v) is 52.3. The lowest BCUT2D eigenvalue weighted by molar-refractivity contribution is -0.123. The molecule has 0 heterocycles. The predicted molar refractivity (Wildman–Crippen MR) is 341 cm³/mol. The van der Waals surface area contributed by atoms with E-state index in [9.17, 15) is 15.0 Å². The third-order valence-electron chi connectivity index (χ3n) is 17.0. The number of aliphatic hydroxyl groups is 2. The monoisotopic (exact) mass is 1070 g/mol. The molecule has 3 N–H and O–H groups in total. The van der Waals surface area contributed by atoms with Crippen LogP contribution in [0.3, 0.4) is 0 Å². The molecular formula is C72H141NO3. The maximum Gasteiger partial charge on any atom is 0.220 e. The summed E-state index contributed by atoms with van der Waals surface area (Å²) >= 11 is 0. The fourth-order valence-electron chi connectivity index (χ4n) is 11.6. The number of carbonyl (C=O) groups excluding carboxylic acids is 1. The van der Waals surface area contributed by atoms with Gasteiger partial charge >= 0.3 is 0 Å². The van der Waals surface area contributed by atoms with Crippen molar-refractivity contribution in [2.45, 2.75) is 424 Å². The van der Waals surface area contributed by atoms with E-state index in [1.54, 1.807) is 0 Å². The zero-order valence-electron chi connectivity index (χ0n) is 52.3. The van der Waals surface area contributed by atoms with E-state index in [2.05, 4.69) is 43.5 Å². The SMILES string of the molecule is CCCCCCC/C=C\C/C=C\CCCCCCCCCCCCCCCCCCCCCCCCCCCCCCCC(=O)NC(CO)C(O)CCCCCCCCCCCCCCCCCCCCCCCCC. The van der Waals surface area contributed by atoms with Crippen LogP contribution in [0, 0.1) is 0 Å². The topological polar surface area (TPSA) is 69.6 Å². The maximum atomic E-state index is 12.6. The second kappa shape index (κ2) is 68.1. The van der Waals surface area contributed by atoms with Crippen LogP contribution >= 0.6 is 0 Å². The third kappa shape index (κ3) is 63.7. The lowest BCUT2D eigenvalue weighted by Gasteiger charge is -2.22. The van der Waals surface area contributed by atoms with Crippen molar-refractivity contribution < 1.29 is 15.0 Å². The van der Waals surface area contributed by atoms with Gasteiger partial charge in [0.2, 0.25) is 5.91 Å². The number of rotatable bonds is 67. The summed E-state index contributed by atoms with van der Waals surface area (Å²) in [6, 6.07) is -0.534. The first kappa shape index (κ1) is 74.9. The highest BCUT2D eigenvalue weighted by molar-refractivity contribution is 5.76. The van der Waals surface area contributed by atoms with Gasteiger partial charge in [-0.05, 0) is 44.9 Å². The average molecular weight is 1070 g/mol. The van der Waals surface area contributed by atoms with Gasteiger partial charge in [-0.2, -0.15) is 0 Å². The highest BCUT2D eigenvalue weighted by Crippen LogP contribution is 2.20. The van der Waals surface area contributed by atoms with Crippen molar-refractivity contribution in [1.82, 2.24) is 5.32 Å². The van der Waals surface area contributed by atoms with Crippen LogP contribution < -0.4 is 5.32 Å². The van der Waals surface area contributed by atoms with E-state index in [1.807, 2.05) is 0 Å². The van der Waals surface area contributed by atoms with Gasteiger partial charge in [0, 0.05) is 6.42 Å². The number of unbranched alkanes of at least 4 members (excludes halogenated alkanes) is 56. The van der Waals surface area contributed by atoms with E-state index in [0.29, 0.717) is 12.8 Å². The summed E-state index contributed by atoms with van der Waals surface area (Å²) < 4.78 is 0. The molecule has 0 fully saturated rings. The molecule has 1 amide bonds. The van der Waals surface area contributed by atoms with E-state index in [-0.39, 0.29) is 12.5 Å². The molecule has 0 aliphatic carbocycles. The molecule has 4 nitrogen and oxygen atoms in total. The Morgan fingerprint density at radius 2 is 0.539 bits per heavy atom. The molecule has 0 bridgehead atoms. The van der Waals surface area contributed by atoms with Crippen molar-refractivity contribution in [2.75, 3.05) is 6.61 Å². The number of nitrogens with one attached hydrogen (secondary N) is 1. The molecule has 0 aromatic rings. The van der Waals surface area contributed by atoms with Crippen LogP contribution in [-0.4, -0.2) is 34.9 Å². The molecule has 2 unspecified atom stereocenters. The highest BCUT2D eigenvalue weighted by atomic mass is 16.3. The second-order valence-corrected chi connectivity index (χ2v) is 24.7. The summed E-state index contributed by atoms with van der Waals surface area (Å²) in [6.45, 7) is 4.40. The fraction of sp³-hybridized carbons (Fsp3) is 0.931. The quantitative estimate of drug-likeness (QED) is 0.0420. The smallest absolute Gasteiger partial charge is 0.220 e. The van der Waals surface area contributed by atoms with Crippen molar-refractivity contribution in [3.63, 3.8) is 0 Å². The minimum Gasteiger partial charge on any atom is -0.394 e. The number of carbonyl (C=O) groups is 1. The number of hydrogen-bond acceptors (Lipinski definition) is 3. The first-order valence-electron chi connectivity index (χ1n) is 35.5. The summed E-state index contributed by atoms with van der Waals surface area (Å²) in [5, 5.41) is 23.5. The van der Waals surface area contributed by atoms with Crippen LogP contribution in [0.4, 0.5) is 0 Å². The molecule has 0 aliphatic heterocycles. The molecule has 0 aliphatic rings. The van der Waals surface area contributed by atoms with Gasteiger partial charge in [0.05, 0.1) is 18.8 Å². The van der Waals surface area contributed by atoms with Crippen LogP contribution in [0.1, 0.15) is 412 Å². The van der Waals surface area contributed by atoms with Crippen LogP contribution in [0.5, 0.6) is 0 Å². The molecule has 2 atom stereocenters. The Kier molecular flexibility index (Phi) is 67.1. The lowest BCUT2D eigenvalue weighted by Crippen LogP contribution is -2.45. The maximum absolute atomic E-state index is 12.6. The normalized spacial score (nSPS) is 12.7. The minimum atomic E-state index is -0.658. The van der Waals surface area contributed by atoms with E-state index in [0.717, 1.165) is 32.1 Å². The van der Waals surface area contributed by atoms with Crippen molar-refractivity contribution in [3.8, 4) is 0 Å². The number of hydrogen-bond donors (Lipinski definition) is 3. The summed E-state index contributed by atoms with van der Waals surface area (Å²) in [4.78, 5) is 12.6. The van der Waals surface area contributed by atoms with E-state index in [4.69, 9.17) is 0 Å². The van der Waals surface area contributed by atoms with E-state index >= 15 is 0 Å². The van der Waals surface area contributed by atoms with Crippen LogP contribution in [0.15, 0.2) is 24.3 Å². The van der Waals surface area contributed by atoms with Gasteiger partial charge in [-0.1, -0.05) is 385 Å². The Balaban J connectivity index is 3.35. The Bertz CT molecular complexity index is 1120. The Hall–Kier alpha value is -1.13. The second-order valence-electron chi connectivity index (χ2n) is 24.7. The molecule has 0 aromatic heterocycles. The lowest BCUT2D eigenvalue weighted by atomic mass is 10.0. The van der Waals surface area contributed by atoms with Crippen molar-refractivity contribution in [2.24, 2.45) is 0 Å². The van der Waals surface area contributed by atoms with Crippen LogP contribution in [0.2, 0.25) is 0 Å². The molecule has 0 aromatic carbocycles. The minimum absolute atomic E-state index is 0.0209. The summed E-state index contributed by atoms with van der Waals surface area (Å²) in [6.07, 6.45) is 92.5. The third-order valence-corrected chi connectivity index (χ3v) is 17.0. The molecule has 0 spiro atoms. The molecule has 0 saturated heterocycles. The van der Waals surface area contributed by atoms with Crippen LogP contribution in [-0.2, 0) is 4.79 Å². The van der Waals surface area contributed by atoms with Gasteiger partial charge in [-0.3, -0.25) is 4.79 Å². The van der Waals surface area contributed by atoms with Crippen molar-refractivity contribution >= 4 is 5.91 Å². The van der Waals surface area contributed by atoms with Gasteiger partial charge in [0.1, 0.15) is 0 Å². The molecular weight excluding hydrogens is 927 g/mol. The zero-order chi connectivity index (χ0) is 54.8. The Labute approximate surface area is 479 Å². The molecule has 452 valence electrons. The fourth-order valence-corrected chi connectivity index (χ4v) is 11.6. The standard InChI is InChI=1S/C72H141NO3/c1-3-5-7-9-11-13-15-17-19-21-23-25-27-28-29-30-31-32-33-34-35-36-37-38-39-40-41-42-43-44-46-48-50-52-54-56-58-60-62-64-66-68-72(76)73-70(69-74)71(75)67-65-63-61-59-57-55-53-51-49-47-45-26-24-22-20-18-16-14-12-10-8-6-4-2/h15,17,21,23,70-71,74-75H,3-14,16,18-20,22,24-69H2,1-2H3,(H,73,76)/b17-15-,23-21-. The summed E-state index contributed by atoms with van der Waals surface area (Å²) in [7, 11) is 0. The van der Waals surface area contributed by atoms with E-state index in [1.165, 1.54) is 353 Å². The highest BCUT2D eigenvalue weighted by Gasteiger charge is 2.20. The van der Waals surface area contributed by atoms with Crippen LogP contribution in [0.25, 0.3) is 0 Å². The largest absolute Gasteiger partial charge is 0.394 e. The first-order valence-corrected chi connectivity index (χ1v) is 35.5. The van der Waals surface area contributed by atoms with Crippen molar-refractivity contribution in [3.05, 3.63) is 24.3 Å². The van der Waals surface area contributed by atoms with Gasteiger partial charge in [0.15, 0.2) is 0 Å². The molecule has 76 heavy (non-hydrogen) atoms. The van der Waals surface area contributed by atoms with Gasteiger partial charge in [-0.25, -0.2) is 0 Å². The van der Waals surface area contributed by atoms with Gasteiger partial charge in [0.25, 0.3) is 0 Å². The van der Waals surface area contributed by atoms with Crippen molar-refractivity contribution in [1.29, 1.82) is 0 Å². The summed E-state index contributed by atoms with van der Waals surface area (Å²) in [5.41, 5.74) is 0. The Morgan fingerprint density at radius 1 is 0.316 bits per heavy atom. The molecule has 0 radical (unpaired) electrons. The summed E-state index contributed by atoms with van der Waals surface area (Å²) in [5.74, 6) is -0.0209. The number of amides is 1. The Morgan fingerprint density at radius 3 is 0.789 bits per heavy atom. The molecule has 0 rings (SSSR count). The molecule has 4 heteroatoms. The first-order chi connectivity index (χ1) is 37.7. The molecule has 0 saturated carbocycles. The van der Waals surface area contributed by atoms with Gasteiger partial charge in [-0.15, -0.1) is 0 Å². The van der Waals surface area contributed by atoms with E-state index < -0.39 is 12.1 Å².